The molecule has 12 heteroatoms. The van der Waals surface area contributed by atoms with Gasteiger partial charge in [-0.1, -0.05) is 0 Å². The van der Waals surface area contributed by atoms with Crippen LogP contribution in [-0.2, 0) is 11.3 Å². The van der Waals surface area contributed by atoms with Gasteiger partial charge in [-0.05, 0) is 38.1 Å². The highest BCUT2D eigenvalue weighted by Gasteiger charge is 2.33. The van der Waals surface area contributed by atoms with Gasteiger partial charge in [0.25, 0.3) is 12.3 Å². The van der Waals surface area contributed by atoms with Crippen molar-refractivity contribution < 1.29 is 23.4 Å². The zero-order valence-electron chi connectivity index (χ0n) is 21.4. The molecule has 0 radical (unpaired) electrons. The number of aromatic nitrogens is 4. The van der Waals surface area contributed by atoms with Crippen LogP contribution in [0.1, 0.15) is 41.8 Å². The fourth-order valence-corrected chi connectivity index (χ4v) is 5.03. The summed E-state index contributed by atoms with van der Waals surface area (Å²) in [5.74, 6) is 0.264. The van der Waals surface area contributed by atoms with Crippen LogP contribution in [0.25, 0.3) is 17.0 Å². The summed E-state index contributed by atoms with van der Waals surface area (Å²) in [5.41, 5.74) is 2.48. The molecule has 3 N–H and O–H groups in total. The summed E-state index contributed by atoms with van der Waals surface area (Å²) in [4.78, 5) is 28.3. The highest BCUT2D eigenvalue weighted by atomic mass is 19.3. The minimum absolute atomic E-state index is 0.149. The van der Waals surface area contributed by atoms with Crippen molar-refractivity contribution >= 4 is 28.7 Å². The van der Waals surface area contributed by atoms with Gasteiger partial charge in [0, 0.05) is 31.4 Å². The maximum Gasteiger partial charge on any atom is 0.267 e. The number of anilines is 3. The van der Waals surface area contributed by atoms with Gasteiger partial charge in [-0.3, -0.25) is 14.2 Å². The average molecular weight is 536 g/mol. The third kappa shape index (κ3) is 4.55. The number of nitrogens with zero attached hydrogens (tertiary/aromatic N) is 5. The number of aliphatic hydroxyl groups is 1. The van der Waals surface area contributed by atoms with Crippen molar-refractivity contribution in [2.45, 2.75) is 38.5 Å². The predicted molar refractivity (Wildman–Crippen MR) is 140 cm³/mol. The number of alkyl halides is 2. The first kappa shape index (κ1) is 25.1. The number of carbonyl (C=O) groups is 1. The number of hydrogen-bond donors (Lipinski definition) is 3. The topological polar surface area (TPSA) is 117 Å². The molecule has 4 aromatic heterocycles. The van der Waals surface area contributed by atoms with Gasteiger partial charge in [-0.25, -0.2) is 18.7 Å². The Labute approximate surface area is 222 Å². The molecule has 10 nitrogen and oxygen atoms in total. The van der Waals surface area contributed by atoms with E-state index in [9.17, 15) is 18.7 Å². The van der Waals surface area contributed by atoms with Gasteiger partial charge in [-0.15, -0.1) is 0 Å². The Morgan fingerprint density at radius 2 is 2.03 bits per heavy atom. The molecule has 6 rings (SSSR count). The lowest BCUT2D eigenvalue weighted by atomic mass is 10.00. The molecule has 0 aromatic carbocycles. The van der Waals surface area contributed by atoms with E-state index < -0.39 is 12.0 Å². The van der Waals surface area contributed by atoms with Gasteiger partial charge in [-0.2, -0.15) is 0 Å². The van der Waals surface area contributed by atoms with Crippen molar-refractivity contribution in [3.8, 4) is 11.4 Å². The summed E-state index contributed by atoms with van der Waals surface area (Å²) in [6.07, 6.45) is 3.44. The van der Waals surface area contributed by atoms with Crippen molar-refractivity contribution in [2.75, 3.05) is 29.9 Å². The number of imidazole rings is 1. The van der Waals surface area contributed by atoms with E-state index in [4.69, 9.17) is 4.74 Å². The number of nitrogens with one attached hydrogen (secondary N) is 2. The highest BCUT2D eigenvalue weighted by Crippen LogP contribution is 2.35. The first-order chi connectivity index (χ1) is 18.7. The minimum atomic E-state index is -2.66. The predicted octanol–water partition coefficient (Wildman–Crippen LogP) is 3.69. The van der Waals surface area contributed by atoms with Gasteiger partial charge in [0.1, 0.15) is 17.6 Å². The van der Waals surface area contributed by atoms with Gasteiger partial charge < -0.3 is 25.4 Å². The van der Waals surface area contributed by atoms with Crippen LogP contribution >= 0.6 is 0 Å². The summed E-state index contributed by atoms with van der Waals surface area (Å²) in [6.45, 7) is 5.44. The van der Waals surface area contributed by atoms with Crippen LogP contribution in [0.3, 0.4) is 0 Å². The lowest BCUT2D eigenvalue weighted by molar-refractivity contribution is -0.0928. The van der Waals surface area contributed by atoms with Gasteiger partial charge in [0.05, 0.1) is 64.7 Å². The molecule has 202 valence electrons. The largest absolute Gasteiger partial charge is 0.388 e. The second kappa shape index (κ2) is 9.54. The zero-order valence-corrected chi connectivity index (χ0v) is 21.4. The van der Waals surface area contributed by atoms with E-state index in [1.165, 1.54) is 18.3 Å². The Bertz CT molecular complexity index is 1550. The molecular formula is C27H27F2N7O3. The fourth-order valence-electron chi connectivity index (χ4n) is 5.03. The number of ether oxygens (including phenoxy) is 1. The van der Waals surface area contributed by atoms with Gasteiger partial charge in [0.15, 0.2) is 0 Å². The quantitative estimate of drug-likeness (QED) is 0.342. The van der Waals surface area contributed by atoms with E-state index in [0.29, 0.717) is 53.7 Å². The maximum atomic E-state index is 13.5. The van der Waals surface area contributed by atoms with Crippen LogP contribution in [0.5, 0.6) is 0 Å². The standard InChI is InChI=1S/C27H27F2N7O3/c1-27(2,38)20-14-35(8-9-39-20)15-5-6-21(30-10-15)34-18-12-31-23(17-11-33-26(37)22(17)18)19-13-32-25-16(24(28)29)4-3-7-36(19)25/h3-7,10,12-13,20,24,38H,8-9,11,14H2,1-2H3,(H,30,34)(H,33,37)/t20-/m0/s1. The number of hydrogen-bond acceptors (Lipinski definition) is 8. The SMILES string of the molecule is CC(C)(O)[C@@H]1CN(c2ccc(Nc3cnc(-c4cnc5c(C(F)F)cccn45)c4c3C(=O)NC4)nc2)CCO1. The Balaban J connectivity index is 1.28. The van der Waals surface area contributed by atoms with E-state index >= 15 is 0 Å². The molecule has 1 atom stereocenters. The minimum Gasteiger partial charge on any atom is -0.388 e. The molecule has 4 aromatic rings. The second-order valence-electron chi connectivity index (χ2n) is 10.1. The molecule has 0 bridgehead atoms. The Morgan fingerprint density at radius 1 is 1.18 bits per heavy atom. The summed E-state index contributed by atoms with van der Waals surface area (Å²) < 4.78 is 34.2. The average Bonchev–Trinajstić information content (AvgIpc) is 3.53. The van der Waals surface area contributed by atoms with Crippen molar-refractivity contribution in [3.63, 3.8) is 0 Å². The lowest BCUT2D eigenvalue weighted by Gasteiger charge is -2.39. The summed E-state index contributed by atoms with van der Waals surface area (Å²) >= 11 is 0. The summed E-state index contributed by atoms with van der Waals surface area (Å²) in [5, 5.41) is 16.4. The zero-order chi connectivity index (χ0) is 27.3. The van der Waals surface area contributed by atoms with E-state index in [-0.39, 0.29) is 29.8 Å². The number of fused-ring (bicyclic) bond motifs is 2. The molecule has 0 unspecified atom stereocenters. The number of halogens is 2. The van der Waals surface area contributed by atoms with Crippen molar-refractivity contribution in [1.29, 1.82) is 0 Å². The van der Waals surface area contributed by atoms with Crippen LogP contribution in [0.4, 0.5) is 26.0 Å². The van der Waals surface area contributed by atoms with Crippen LogP contribution in [0.15, 0.2) is 49.1 Å². The van der Waals surface area contributed by atoms with Crippen LogP contribution in [-0.4, -0.2) is 61.8 Å². The number of carbonyl (C=O) groups excluding carboxylic acids is 1. The van der Waals surface area contributed by atoms with Gasteiger partial charge >= 0.3 is 0 Å². The molecule has 6 heterocycles. The normalized spacial score (nSPS) is 17.5. The van der Waals surface area contributed by atoms with E-state index in [0.717, 1.165) is 5.69 Å². The van der Waals surface area contributed by atoms with Crippen LogP contribution < -0.4 is 15.5 Å². The monoisotopic (exact) mass is 535 g/mol. The number of pyridine rings is 3. The Kier molecular flexibility index (Phi) is 6.15. The summed E-state index contributed by atoms with van der Waals surface area (Å²) in [7, 11) is 0. The van der Waals surface area contributed by atoms with Crippen molar-refractivity contribution in [1.82, 2.24) is 24.7 Å². The molecule has 0 saturated carbocycles. The fraction of sp³-hybridized carbons (Fsp3) is 0.333. The molecule has 1 fully saturated rings. The molecule has 39 heavy (non-hydrogen) atoms. The van der Waals surface area contributed by atoms with E-state index in [1.54, 1.807) is 36.8 Å². The van der Waals surface area contributed by atoms with Gasteiger partial charge in [0.2, 0.25) is 0 Å². The molecule has 0 aliphatic carbocycles. The molecule has 0 spiro atoms. The smallest absolute Gasteiger partial charge is 0.267 e. The van der Waals surface area contributed by atoms with Crippen LogP contribution in [0, 0.1) is 0 Å². The molecular weight excluding hydrogens is 508 g/mol. The second-order valence-corrected chi connectivity index (χ2v) is 10.1. The van der Waals surface area contributed by atoms with Crippen LogP contribution in [0.2, 0.25) is 0 Å². The Hall–Kier alpha value is -4.16. The summed E-state index contributed by atoms with van der Waals surface area (Å²) in [6, 6.07) is 6.61. The molecule has 2 aliphatic rings. The highest BCUT2D eigenvalue weighted by molar-refractivity contribution is 6.05. The number of amides is 1. The third-order valence-electron chi connectivity index (χ3n) is 7.11. The number of rotatable bonds is 6. The van der Waals surface area contributed by atoms with E-state index in [2.05, 4.69) is 30.5 Å². The lowest BCUT2D eigenvalue weighted by Crippen LogP contribution is -2.52. The van der Waals surface area contributed by atoms with E-state index in [1.807, 2.05) is 12.1 Å². The first-order valence-corrected chi connectivity index (χ1v) is 12.6. The van der Waals surface area contributed by atoms with Crippen molar-refractivity contribution in [3.05, 3.63) is 65.7 Å². The molecule has 1 saturated heterocycles. The third-order valence-corrected chi connectivity index (χ3v) is 7.11. The Morgan fingerprint density at radius 3 is 2.77 bits per heavy atom. The molecule has 2 aliphatic heterocycles. The first-order valence-electron chi connectivity index (χ1n) is 12.6. The maximum absolute atomic E-state index is 13.5. The number of morpholine rings is 1. The molecule has 1 amide bonds. The van der Waals surface area contributed by atoms with Crippen molar-refractivity contribution in [2.24, 2.45) is 0 Å².